The number of nitro groups is 1. The van der Waals surface area contributed by atoms with Crippen molar-refractivity contribution in [1.29, 1.82) is 0 Å². The summed E-state index contributed by atoms with van der Waals surface area (Å²) in [6.07, 6.45) is -7.80. The normalized spacial score (nSPS) is 29.9. The summed E-state index contributed by atoms with van der Waals surface area (Å²) >= 11 is 2.41. The zero-order valence-corrected chi connectivity index (χ0v) is 16.3. The van der Waals surface area contributed by atoms with Crippen LogP contribution in [0.3, 0.4) is 0 Å². The lowest BCUT2D eigenvalue weighted by Crippen LogP contribution is -2.89. The van der Waals surface area contributed by atoms with Crippen LogP contribution >= 0.6 is 15.9 Å². The maximum absolute atomic E-state index is 14.7. The molecule has 1 aliphatic rings. The maximum atomic E-state index is 14.7. The van der Waals surface area contributed by atoms with Gasteiger partial charge in [-0.2, -0.15) is 48.3 Å². The molecule has 1 aromatic carbocycles. The van der Waals surface area contributed by atoms with Gasteiger partial charge in [-0.1, -0.05) is 0 Å². The fourth-order valence-electron chi connectivity index (χ4n) is 2.83. The monoisotopic (exact) mass is 574 g/mol. The molecule has 186 valence electrons. The predicted octanol–water partition coefficient (Wildman–Crippen LogP) is 5.83. The first-order valence-electron chi connectivity index (χ1n) is 7.68. The molecule has 0 unspecified atom stereocenters. The van der Waals surface area contributed by atoms with E-state index in [1.54, 1.807) is 0 Å². The second-order valence-electron chi connectivity index (χ2n) is 6.49. The van der Waals surface area contributed by atoms with Gasteiger partial charge in [0.25, 0.3) is 11.6 Å². The number of hydrogen-bond acceptors (Lipinski definition) is 3. The molecule has 0 radical (unpaired) electrons. The highest BCUT2D eigenvalue weighted by Crippen LogP contribution is 2.72. The van der Waals surface area contributed by atoms with Gasteiger partial charge < -0.3 is 5.32 Å². The standard InChI is InChI=1S/C14H4BrF13N2O3/c15-5-3-4(30(32)33)1-2-6(5)29-7(31)8(16)10(18,19)12(22,23)9(17,14(26,27)28)13(24,25)11(8,20)21/h1-3H,(H,29,31). The zero-order chi connectivity index (χ0) is 26.2. The number of rotatable bonds is 3. The van der Waals surface area contributed by atoms with Gasteiger partial charge in [0.1, 0.15) is 0 Å². The Labute approximate surface area is 180 Å². The summed E-state index contributed by atoms with van der Waals surface area (Å²) in [4.78, 5) is 21.3. The molecule has 1 fully saturated rings. The molecule has 0 aliphatic heterocycles. The van der Waals surface area contributed by atoms with E-state index < -0.39 is 67.9 Å². The van der Waals surface area contributed by atoms with Crippen LogP contribution < -0.4 is 5.32 Å². The maximum Gasteiger partial charge on any atom is 0.435 e. The molecule has 0 heterocycles. The van der Waals surface area contributed by atoms with E-state index in [0.717, 1.165) is 5.32 Å². The topological polar surface area (TPSA) is 72.2 Å². The van der Waals surface area contributed by atoms with Crippen molar-refractivity contribution >= 4 is 33.2 Å². The van der Waals surface area contributed by atoms with Gasteiger partial charge in [-0.15, -0.1) is 0 Å². The average Bonchev–Trinajstić information content (AvgIpc) is 2.65. The van der Waals surface area contributed by atoms with E-state index >= 15 is 0 Å². The van der Waals surface area contributed by atoms with Gasteiger partial charge in [0.15, 0.2) is 0 Å². The second-order valence-corrected chi connectivity index (χ2v) is 7.34. The summed E-state index contributed by atoms with van der Waals surface area (Å²) < 4.78 is 177. The van der Waals surface area contributed by atoms with Gasteiger partial charge in [-0.05, 0) is 22.0 Å². The first-order valence-corrected chi connectivity index (χ1v) is 8.47. The van der Waals surface area contributed by atoms with Crippen LogP contribution in [0.15, 0.2) is 22.7 Å². The Morgan fingerprint density at radius 2 is 1.30 bits per heavy atom. The fourth-order valence-corrected chi connectivity index (χ4v) is 3.29. The lowest BCUT2D eigenvalue weighted by molar-refractivity contribution is -0.489. The molecule has 1 saturated carbocycles. The fraction of sp³-hybridized carbons (Fsp3) is 0.500. The van der Waals surface area contributed by atoms with Crippen molar-refractivity contribution in [3.63, 3.8) is 0 Å². The molecule has 2 rings (SSSR count). The number of alkyl halides is 13. The minimum Gasteiger partial charge on any atom is -0.322 e. The Bertz CT molecular complexity index is 983. The quantitative estimate of drug-likeness (QED) is 0.280. The van der Waals surface area contributed by atoms with Crippen LogP contribution in [0, 0.1) is 10.1 Å². The number of nitrogens with zero attached hydrogens (tertiary/aromatic N) is 1. The Balaban J connectivity index is 2.75. The number of carbonyl (C=O) groups excluding carboxylic acids is 1. The molecule has 0 aromatic heterocycles. The van der Waals surface area contributed by atoms with E-state index in [1.165, 1.54) is 0 Å². The molecular weight excluding hydrogens is 571 g/mol. The summed E-state index contributed by atoms with van der Waals surface area (Å²) in [6, 6.07) is 1.16. The third-order valence-corrected chi connectivity index (χ3v) is 5.29. The van der Waals surface area contributed by atoms with Gasteiger partial charge in [-0.3, -0.25) is 14.9 Å². The molecule has 1 amide bonds. The lowest BCUT2D eigenvalue weighted by Gasteiger charge is -2.54. The SMILES string of the molecule is O=C(Nc1ccc([N+](=O)[O-])cc1Br)C1(F)C(F)(F)C(F)(F)C(F)(C(F)(F)F)C(F)(F)C1(F)F. The third kappa shape index (κ3) is 2.95. The van der Waals surface area contributed by atoms with E-state index in [0.29, 0.717) is 18.2 Å². The van der Waals surface area contributed by atoms with E-state index in [4.69, 9.17) is 0 Å². The van der Waals surface area contributed by atoms with Crippen LogP contribution in [0.1, 0.15) is 0 Å². The van der Waals surface area contributed by atoms with E-state index in [2.05, 4.69) is 15.9 Å². The number of amides is 1. The Morgan fingerprint density at radius 3 is 1.64 bits per heavy atom. The molecule has 33 heavy (non-hydrogen) atoms. The molecule has 0 saturated heterocycles. The smallest absolute Gasteiger partial charge is 0.322 e. The molecule has 5 nitrogen and oxygen atoms in total. The van der Waals surface area contributed by atoms with Crippen molar-refractivity contribution in [3.8, 4) is 0 Å². The molecule has 19 heteroatoms. The Morgan fingerprint density at radius 1 is 0.879 bits per heavy atom. The first-order chi connectivity index (χ1) is 14.5. The van der Waals surface area contributed by atoms with Crippen molar-refractivity contribution < 1.29 is 66.8 Å². The van der Waals surface area contributed by atoms with Crippen molar-refractivity contribution in [2.45, 2.75) is 41.2 Å². The third-order valence-electron chi connectivity index (χ3n) is 4.63. The summed E-state index contributed by atoms with van der Waals surface area (Å²) in [7, 11) is 0. The number of carbonyl (C=O) groups is 1. The number of anilines is 1. The summed E-state index contributed by atoms with van der Waals surface area (Å²) in [5.74, 6) is -35.0. The second kappa shape index (κ2) is 7.08. The van der Waals surface area contributed by atoms with E-state index in [-0.39, 0.29) is 0 Å². The molecular formula is C14H4BrF13N2O3. The molecule has 0 bridgehead atoms. The molecule has 1 aliphatic carbocycles. The number of benzene rings is 1. The molecule has 1 aromatic rings. The van der Waals surface area contributed by atoms with Gasteiger partial charge in [0.05, 0.1) is 10.6 Å². The summed E-state index contributed by atoms with van der Waals surface area (Å²) in [5, 5.41) is 11.3. The highest BCUT2D eigenvalue weighted by Gasteiger charge is 3.06. The number of nitrogens with one attached hydrogen (secondary N) is 1. The first kappa shape index (κ1) is 26.9. The van der Waals surface area contributed by atoms with Crippen LogP contribution in [0.5, 0.6) is 0 Å². The van der Waals surface area contributed by atoms with Crippen LogP contribution in [-0.4, -0.2) is 52.0 Å². The van der Waals surface area contributed by atoms with Crippen molar-refractivity contribution in [3.05, 3.63) is 32.8 Å². The predicted molar refractivity (Wildman–Crippen MR) is 82.9 cm³/mol. The highest BCUT2D eigenvalue weighted by atomic mass is 79.9. The van der Waals surface area contributed by atoms with Crippen LogP contribution in [0.4, 0.5) is 68.5 Å². The average molecular weight is 575 g/mol. The lowest BCUT2D eigenvalue weighted by atomic mass is 9.66. The minimum absolute atomic E-state index is 0.314. The Kier molecular flexibility index (Phi) is 5.77. The van der Waals surface area contributed by atoms with E-state index in [9.17, 15) is 72.0 Å². The van der Waals surface area contributed by atoms with Crippen molar-refractivity contribution in [2.24, 2.45) is 0 Å². The van der Waals surface area contributed by atoms with E-state index in [1.807, 2.05) is 0 Å². The highest BCUT2D eigenvalue weighted by molar-refractivity contribution is 9.10. The number of nitro benzene ring substituents is 1. The van der Waals surface area contributed by atoms with Crippen molar-refractivity contribution in [2.75, 3.05) is 5.32 Å². The van der Waals surface area contributed by atoms with Crippen LogP contribution in [-0.2, 0) is 4.79 Å². The molecule has 0 atom stereocenters. The van der Waals surface area contributed by atoms with Gasteiger partial charge >= 0.3 is 41.2 Å². The van der Waals surface area contributed by atoms with Crippen LogP contribution in [0.2, 0.25) is 0 Å². The summed E-state index contributed by atoms with van der Waals surface area (Å²) in [6.45, 7) is 0. The molecule has 1 N–H and O–H groups in total. The number of hydrogen-bond donors (Lipinski definition) is 1. The van der Waals surface area contributed by atoms with Gasteiger partial charge in [0, 0.05) is 16.6 Å². The Hall–Kier alpha value is -2.34. The zero-order valence-electron chi connectivity index (χ0n) is 14.7. The molecule has 0 spiro atoms. The number of halogens is 14. The summed E-state index contributed by atoms with van der Waals surface area (Å²) in [5.41, 5.74) is -17.2. The number of non-ortho nitro benzene ring substituents is 1. The largest absolute Gasteiger partial charge is 0.435 e. The van der Waals surface area contributed by atoms with Gasteiger partial charge in [-0.25, -0.2) is 8.78 Å². The van der Waals surface area contributed by atoms with Gasteiger partial charge in [0.2, 0.25) is 0 Å². The van der Waals surface area contributed by atoms with Crippen LogP contribution in [0.25, 0.3) is 0 Å². The minimum atomic E-state index is -8.01. The van der Waals surface area contributed by atoms with Crippen molar-refractivity contribution in [1.82, 2.24) is 0 Å².